The lowest BCUT2D eigenvalue weighted by Crippen LogP contribution is -2.54. The number of halogens is 1. The maximum Gasteiger partial charge on any atom is 0.220 e. The Hall–Kier alpha value is -0.920. The average molecular weight is 542 g/mol. The van der Waals surface area contributed by atoms with Crippen LogP contribution in [0.1, 0.15) is 33.4 Å². The van der Waals surface area contributed by atoms with Gasteiger partial charge in [-0.05, 0) is 27.7 Å². The zero-order valence-electron chi connectivity index (χ0n) is 18.0. The average Bonchev–Trinajstić information content (AvgIpc) is 3.13. The van der Waals surface area contributed by atoms with Gasteiger partial charge in [-0.15, -0.1) is 24.0 Å². The molecule has 1 fully saturated rings. The number of piperazine rings is 1. The molecule has 1 aromatic rings. The van der Waals surface area contributed by atoms with Crippen LogP contribution < -0.4 is 5.32 Å². The van der Waals surface area contributed by atoms with Crippen molar-refractivity contribution in [2.24, 2.45) is 4.99 Å². The quantitative estimate of drug-likeness (QED) is 0.302. The fraction of sp³-hybridized carbons (Fsp3) is 0.778. The van der Waals surface area contributed by atoms with Crippen molar-refractivity contribution in [2.75, 3.05) is 46.3 Å². The first-order chi connectivity index (χ1) is 13.2. The number of hydrogen-bond acceptors (Lipinski definition) is 6. The van der Waals surface area contributed by atoms with Crippen LogP contribution in [-0.2, 0) is 15.8 Å². The zero-order valence-corrected chi connectivity index (χ0v) is 21.2. The SMILES string of the molecule is CN=C(NCCN(C(C)C)C(C)C)N1CCN(S(=O)(=O)Cc2ccon2)CC1.I. The van der Waals surface area contributed by atoms with E-state index < -0.39 is 10.0 Å². The number of hydrogen-bond donors (Lipinski definition) is 1. The zero-order chi connectivity index (χ0) is 20.7. The summed E-state index contributed by atoms with van der Waals surface area (Å²) in [5.41, 5.74) is 0.430. The molecule has 0 saturated carbocycles. The predicted octanol–water partition coefficient (Wildman–Crippen LogP) is 1.43. The van der Waals surface area contributed by atoms with Gasteiger partial charge in [-0.3, -0.25) is 9.89 Å². The number of rotatable bonds is 8. The third kappa shape index (κ3) is 7.68. The van der Waals surface area contributed by atoms with Crippen molar-refractivity contribution in [3.63, 3.8) is 0 Å². The first kappa shape index (κ1) is 26.1. The molecule has 0 aliphatic carbocycles. The molecule has 0 spiro atoms. The van der Waals surface area contributed by atoms with Gasteiger partial charge in [0.25, 0.3) is 0 Å². The van der Waals surface area contributed by atoms with E-state index in [0.29, 0.717) is 44.0 Å². The van der Waals surface area contributed by atoms with Crippen molar-refractivity contribution >= 4 is 40.0 Å². The highest BCUT2D eigenvalue weighted by Gasteiger charge is 2.29. The van der Waals surface area contributed by atoms with Gasteiger partial charge in [0.2, 0.25) is 10.0 Å². The van der Waals surface area contributed by atoms with Gasteiger partial charge < -0.3 is 14.7 Å². The van der Waals surface area contributed by atoms with E-state index in [9.17, 15) is 8.42 Å². The van der Waals surface area contributed by atoms with E-state index in [1.807, 2.05) is 0 Å². The van der Waals surface area contributed by atoms with Crippen LogP contribution in [0.15, 0.2) is 21.8 Å². The highest BCUT2D eigenvalue weighted by atomic mass is 127. The van der Waals surface area contributed by atoms with Gasteiger partial charge in [-0.25, -0.2) is 8.42 Å². The normalized spacial score (nSPS) is 16.6. The molecule has 1 aliphatic heterocycles. The lowest BCUT2D eigenvalue weighted by molar-refractivity contribution is 0.177. The van der Waals surface area contributed by atoms with E-state index in [4.69, 9.17) is 4.52 Å². The Morgan fingerprint density at radius 3 is 2.34 bits per heavy atom. The predicted molar refractivity (Wildman–Crippen MR) is 126 cm³/mol. The second-order valence-corrected chi connectivity index (χ2v) is 9.50. The van der Waals surface area contributed by atoms with E-state index >= 15 is 0 Å². The van der Waals surface area contributed by atoms with E-state index in [1.54, 1.807) is 13.1 Å². The lowest BCUT2D eigenvalue weighted by atomic mass is 10.2. The Morgan fingerprint density at radius 1 is 1.24 bits per heavy atom. The summed E-state index contributed by atoms with van der Waals surface area (Å²) in [6.45, 7) is 12.6. The molecule has 11 heteroatoms. The van der Waals surface area contributed by atoms with Gasteiger partial charge in [-0.1, -0.05) is 5.16 Å². The molecule has 168 valence electrons. The number of guanidine groups is 1. The molecule has 0 radical (unpaired) electrons. The Morgan fingerprint density at radius 2 is 1.86 bits per heavy atom. The van der Waals surface area contributed by atoms with Crippen LogP contribution >= 0.6 is 24.0 Å². The van der Waals surface area contributed by atoms with E-state index in [-0.39, 0.29) is 29.7 Å². The van der Waals surface area contributed by atoms with Crippen LogP contribution in [0.25, 0.3) is 0 Å². The highest BCUT2D eigenvalue weighted by Crippen LogP contribution is 2.13. The van der Waals surface area contributed by atoms with E-state index in [0.717, 1.165) is 19.0 Å². The first-order valence-corrected chi connectivity index (χ1v) is 11.4. The molecular formula is C18H35IN6O3S. The Bertz CT molecular complexity index is 708. The van der Waals surface area contributed by atoms with Gasteiger partial charge in [0.1, 0.15) is 12.0 Å². The number of nitrogens with one attached hydrogen (secondary N) is 1. The molecule has 29 heavy (non-hydrogen) atoms. The molecule has 1 aliphatic rings. The van der Waals surface area contributed by atoms with Crippen molar-refractivity contribution in [3.8, 4) is 0 Å². The molecule has 0 unspecified atom stereocenters. The maximum atomic E-state index is 12.5. The monoisotopic (exact) mass is 542 g/mol. The van der Waals surface area contributed by atoms with Gasteiger partial charge in [0, 0.05) is 64.5 Å². The second-order valence-electron chi connectivity index (χ2n) is 7.53. The molecule has 0 amide bonds. The van der Waals surface area contributed by atoms with Gasteiger partial charge in [-0.2, -0.15) is 4.31 Å². The molecule has 1 aromatic heterocycles. The third-order valence-corrected chi connectivity index (χ3v) is 6.76. The summed E-state index contributed by atoms with van der Waals surface area (Å²) in [5.74, 6) is 0.692. The van der Waals surface area contributed by atoms with Crippen LogP contribution in [0.3, 0.4) is 0 Å². The standard InChI is InChI=1S/C18H34N6O3S.HI/c1-15(2)24(16(3)4)8-7-20-18(19-5)22-9-11-23(12-10-22)28(25,26)14-17-6-13-27-21-17;/h6,13,15-16H,7-12,14H2,1-5H3,(H,19,20);1H. The van der Waals surface area contributed by atoms with Gasteiger partial charge in [0.05, 0.1) is 5.69 Å². The Labute approximate surface area is 191 Å². The minimum absolute atomic E-state index is 0. The summed E-state index contributed by atoms with van der Waals surface area (Å²) in [4.78, 5) is 8.90. The smallest absolute Gasteiger partial charge is 0.220 e. The van der Waals surface area contributed by atoms with Crippen LogP contribution in [-0.4, -0.2) is 92.0 Å². The van der Waals surface area contributed by atoms with Crippen LogP contribution in [0.5, 0.6) is 0 Å². The summed E-state index contributed by atoms with van der Waals surface area (Å²) in [6, 6.07) is 2.56. The Kier molecular flexibility index (Phi) is 10.9. The van der Waals surface area contributed by atoms with Crippen molar-refractivity contribution in [1.29, 1.82) is 0 Å². The van der Waals surface area contributed by atoms with Gasteiger partial charge in [0.15, 0.2) is 5.96 Å². The minimum Gasteiger partial charge on any atom is -0.364 e. The van der Waals surface area contributed by atoms with Crippen molar-refractivity contribution in [1.82, 2.24) is 24.6 Å². The fourth-order valence-corrected chi connectivity index (χ4v) is 4.93. The molecule has 0 atom stereocenters. The van der Waals surface area contributed by atoms with Crippen LogP contribution in [0.2, 0.25) is 0 Å². The molecule has 2 rings (SSSR count). The highest BCUT2D eigenvalue weighted by molar-refractivity contribution is 14.0. The maximum absolute atomic E-state index is 12.5. The van der Waals surface area contributed by atoms with E-state index in [2.05, 4.69) is 53.0 Å². The number of nitrogens with zero attached hydrogens (tertiary/aromatic N) is 5. The van der Waals surface area contributed by atoms with Crippen molar-refractivity contribution in [2.45, 2.75) is 45.5 Å². The van der Waals surface area contributed by atoms with Crippen LogP contribution in [0, 0.1) is 0 Å². The summed E-state index contributed by atoms with van der Waals surface area (Å²) in [7, 11) is -1.63. The first-order valence-electron chi connectivity index (χ1n) is 9.83. The summed E-state index contributed by atoms with van der Waals surface area (Å²) >= 11 is 0. The Balaban J connectivity index is 0.00000420. The minimum atomic E-state index is -3.39. The molecule has 2 heterocycles. The molecule has 1 saturated heterocycles. The van der Waals surface area contributed by atoms with Crippen LogP contribution in [0.4, 0.5) is 0 Å². The summed E-state index contributed by atoms with van der Waals surface area (Å²) in [6.07, 6.45) is 1.39. The summed E-state index contributed by atoms with van der Waals surface area (Å²) in [5, 5.41) is 7.11. The fourth-order valence-electron chi connectivity index (χ4n) is 3.51. The van der Waals surface area contributed by atoms with E-state index in [1.165, 1.54) is 10.6 Å². The van der Waals surface area contributed by atoms with Crippen molar-refractivity contribution in [3.05, 3.63) is 18.0 Å². The summed E-state index contributed by atoms with van der Waals surface area (Å²) < 4.78 is 31.3. The molecule has 0 aromatic carbocycles. The molecule has 1 N–H and O–H groups in total. The number of sulfonamides is 1. The number of aromatic nitrogens is 1. The van der Waals surface area contributed by atoms with Crippen molar-refractivity contribution < 1.29 is 12.9 Å². The molecule has 9 nitrogen and oxygen atoms in total. The number of aliphatic imine (C=N–C) groups is 1. The lowest BCUT2D eigenvalue weighted by Gasteiger charge is -2.36. The largest absolute Gasteiger partial charge is 0.364 e. The van der Waals surface area contributed by atoms with Gasteiger partial charge >= 0.3 is 0 Å². The third-order valence-electron chi connectivity index (χ3n) is 4.94. The topological polar surface area (TPSA) is 94.3 Å². The molecule has 0 bridgehead atoms. The second kappa shape index (κ2) is 12.1. The molecular weight excluding hydrogens is 507 g/mol.